The quantitative estimate of drug-likeness (QED) is 0.211. The number of aromatic nitrogens is 2. The van der Waals surface area contributed by atoms with Crippen molar-refractivity contribution in [1.29, 1.82) is 0 Å². The summed E-state index contributed by atoms with van der Waals surface area (Å²) in [5.74, 6) is 0. The van der Waals surface area contributed by atoms with Gasteiger partial charge in [0.1, 0.15) is 22.1 Å². The molecule has 0 atom stereocenters. The van der Waals surface area contributed by atoms with Crippen molar-refractivity contribution in [3.05, 3.63) is 112 Å². The average molecular weight is 509 g/mol. The molecule has 0 N–H and O–H groups in total. The average Bonchev–Trinajstić information content (AvgIpc) is 2.89. The van der Waals surface area contributed by atoms with Crippen molar-refractivity contribution in [2.45, 2.75) is 0 Å². The van der Waals surface area contributed by atoms with Crippen LogP contribution in [0.5, 0.6) is 0 Å². The molecule has 170 valence electrons. The van der Waals surface area contributed by atoms with Gasteiger partial charge in [0, 0.05) is 32.3 Å². The summed E-state index contributed by atoms with van der Waals surface area (Å²) in [6.45, 7) is 0. The van der Waals surface area contributed by atoms with Gasteiger partial charge in [-0.2, -0.15) is 0 Å². The van der Waals surface area contributed by atoms with Crippen molar-refractivity contribution < 1.29 is 0 Å². The molecular weight excluding hydrogens is 499 g/mol. The molecule has 0 aliphatic carbocycles. The van der Waals surface area contributed by atoms with Crippen LogP contribution in [-0.4, -0.2) is 9.97 Å². The van der Waals surface area contributed by atoms with E-state index in [0.717, 1.165) is 0 Å². The van der Waals surface area contributed by atoms with Crippen LogP contribution in [0.3, 0.4) is 0 Å². The zero-order valence-corrected chi connectivity index (χ0v) is 19.6. The van der Waals surface area contributed by atoms with Gasteiger partial charge in [0.25, 0.3) is 0 Å². The fraction of sp³-hybridized carbons (Fsp3) is 0. The molecule has 36 heavy (non-hydrogen) atoms. The van der Waals surface area contributed by atoms with Crippen molar-refractivity contribution in [2.24, 2.45) is 0 Å². The highest BCUT2D eigenvalue weighted by Gasteiger charge is 2.21. The Balaban J connectivity index is 1.78. The molecule has 0 spiro atoms. The van der Waals surface area contributed by atoms with E-state index in [1.807, 2.05) is 0 Å². The van der Waals surface area contributed by atoms with Crippen molar-refractivity contribution in [1.82, 2.24) is 9.97 Å². The van der Waals surface area contributed by atoms with Crippen molar-refractivity contribution in [3.8, 4) is 0 Å². The standard InChI is InChI=1S/C28H10Cl2N2O4/c29-17-9-15-19(27(35)13-7-3-1-5-11(13)25(15)33)23-21(17)32-24-20-16(10-18(30)22(24)31-23)26(34)12-6-2-4-8-14(12)28(20)36/h1-10H. The van der Waals surface area contributed by atoms with E-state index in [9.17, 15) is 19.2 Å². The van der Waals surface area contributed by atoms with Gasteiger partial charge >= 0.3 is 0 Å². The molecule has 0 radical (unpaired) electrons. The van der Waals surface area contributed by atoms with Gasteiger partial charge in [-0.15, -0.1) is 0 Å². The van der Waals surface area contributed by atoms with Crippen molar-refractivity contribution in [3.63, 3.8) is 0 Å². The van der Waals surface area contributed by atoms with Gasteiger partial charge in [0.05, 0.1) is 20.8 Å². The maximum atomic E-state index is 13.5. The van der Waals surface area contributed by atoms with Gasteiger partial charge in [-0.1, -0.05) is 71.7 Å². The number of benzene rings is 6. The van der Waals surface area contributed by atoms with Crippen molar-refractivity contribution >= 4 is 88.4 Å². The molecule has 0 fully saturated rings. The van der Waals surface area contributed by atoms with E-state index in [0.29, 0.717) is 0 Å². The van der Waals surface area contributed by atoms with E-state index in [-0.39, 0.29) is 96.9 Å². The predicted octanol–water partition coefficient (Wildman–Crippen LogP) is 5.02. The van der Waals surface area contributed by atoms with E-state index in [1.54, 1.807) is 48.5 Å². The summed E-state index contributed by atoms with van der Waals surface area (Å²) in [6.07, 6.45) is 0. The number of nitrogens with zero attached hydrogens (tertiary/aromatic N) is 2. The van der Waals surface area contributed by atoms with Gasteiger partial charge in [-0.25, -0.2) is 9.97 Å². The summed E-state index contributed by atoms with van der Waals surface area (Å²) in [7, 11) is 0. The second-order valence-electron chi connectivity index (χ2n) is 8.59. The lowest BCUT2D eigenvalue weighted by molar-refractivity contribution is 1.41. The first-order valence-electron chi connectivity index (χ1n) is 10.9. The van der Waals surface area contributed by atoms with Crippen LogP contribution in [0.2, 0.25) is 10.0 Å². The molecule has 1 aromatic heterocycles. The van der Waals surface area contributed by atoms with E-state index < -0.39 is 0 Å². The number of hydrogen-bond acceptors (Lipinski definition) is 6. The summed E-state index contributed by atoms with van der Waals surface area (Å²) in [5, 5.41) is 1.66. The fourth-order valence-corrected chi connectivity index (χ4v) is 5.52. The molecule has 0 saturated carbocycles. The first kappa shape index (κ1) is 21.1. The lowest BCUT2D eigenvalue weighted by atomic mass is 9.99. The third kappa shape index (κ3) is 2.57. The van der Waals surface area contributed by atoms with Crippen LogP contribution < -0.4 is 21.7 Å². The Bertz CT molecular complexity index is 2210. The Morgan fingerprint density at radius 3 is 1.14 bits per heavy atom. The first-order valence-corrected chi connectivity index (χ1v) is 11.7. The highest BCUT2D eigenvalue weighted by Crippen LogP contribution is 2.33. The van der Waals surface area contributed by atoms with Gasteiger partial charge < -0.3 is 0 Å². The molecule has 0 bridgehead atoms. The van der Waals surface area contributed by atoms with Crippen LogP contribution in [0.25, 0.3) is 65.2 Å². The third-order valence-electron chi connectivity index (χ3n) is 6.68. The molecule has 7 aromatic rings. The summed E-state index contributed by atoms with van der Waals surface area (Å²) >= 11 is 13.1. The summed E-state index contributed by atoms with van der Waals surface area (Å²) in [4.78, 5) is 62.6. The lowest BCUT2D eigenvalue weighted by Gasteiger charge is -2.10. The highest BCUT2D eigenvalue weighted by molar-refractivity contribution is 6.39. The fourth-order valence-electron chi connectivity index (χ4n) is 5.04. The molecule has 7 rings (SSSR count). The largest absolute Gasteiger partial charge is 0.289 e. The molecule has 1 heterocycles. The molecule has 0 unspecified atom stereocenters. The van der Waals surface area contributed by atoms with Crippen LogP contribution in [0, 0.1) is 0 Å². The minimum absolute atomic E-state index is 0.0778. The maximum absolute atomic E-state index is 13.5. The zero-order chi connectivity index (χ0) is 24.9. The van der Waals surface area contributed by atoms with Gasteiger partial charge in [0.15, 0.2) is 21.7 Å². The highest BCUT2D eigenvalue weighted by atomic mass is 35.5. The van der Waals surface area contributed by atoms with Gasteiger partial charge in [-0.3, -0.25) is 19.2 Å². The van der Waals surface area contributed by atoms with Crippen molar-refractivity contribution in [2.75, 3.05) is 0 Å². The Labute approximate surface area is 209 Å². The molecule has 6 aromatic carbocycles. The molecular formula is C28H10Cl2N2O4. The summed E-state index contributed by atoms with van der Waals surface area (Å²) in [6, 6.07) is 15.9. The van der Waals surface area contributed by atoms with E-state index in [4.69, 9.17) is 23.2 Å². The van der Waals surface area contributed by atoms with Crippen LogP contribution in [0.4, 0.5) is 0 Å². The predicted molar refractivity (Wildman–Crippen MR) is 145 cm³/mol. The van der Waals surface area contributed by atoms with Crippen LogP contribution in [-0.2, 0) is 0 Å². The number of fused-ring (bicyclic) bond motifs is 8. The lowest BCUT2D eigenvalue weighted by Crippen LogP contribution is -2.15. The molecule has 8 heteroatoms. The molecule has 0 aliphatic rings. The Morgan fingerprint density at radius 1 is 0.444 bits per heavy atom. The smallest absolute Gasteiger partial charge is 0.196 e. The first-order chi connectivity index (χ1) is 17.4. The van der Waals surface area contributed by atoms with Crippen LogP contribution >= 0.6 is 23.2 Å². The van der Waals surface area contributed by atoms with E-state index in [2.05, 4.69) is 9.97 Å². The molecule has 0 saturated heterocycles. The maximum Gasteiger partial charge on any atom is 0.196 e. The number of hydrogen-bond donors (Lipinski definition) is 0. The molecule has 0 aliphatic heterocycles. The topological polar surface area (TPSA) is 94.1 Å². The summed E-state index contributed by atoms with van der Waals surface area (Å²) < 4.78 is 0. The van der Waals surface area contributed by atoms with E-state index >= 15 is 0 Å². The number of halogens is 2. The summed E-state index contributed by atoms with van der Waals surface area (Å²) in [5.41, 5.74) is -0.988. The molecule has 0 amide bonds. The van der Waals surface area contributed by atoms with E-state index in [1.165, 1.54) is 12.1 Å². The van der Waals surface area contributed by atoms with Crippen LogP contribution in [0.15, 0.2) is 79.8 Å². The minimum atomic E-state index is -0.384. The van der Waals surface area contributed by atoms with Gasteiger partial charge in [0.2, 0.25) is 0 Å². The third-order valence-corrected chi connectivity index (χ3v) is 7.25. The Hall–Kier alpha value is -4.26. The zero-order valence-electron chi connectivity index (χ0n) is 18.1. The van der Waals surface area contributed by atoms with Gasteiger partial charge in [-0.05, 0) is 12.1 Å². The monoisotopic (exact) mass is 508 g/mol. The second-order valence-corrected chi connectivity index (χ2v) is 9.40. The normalized spacial score (nSPS) is 12.1. The molecule has 6 nitrogen and oxygen atoms in total. The second kappa shape index (κ2) is 7.13. The Morgan fingerprint density at radius 2 is 0.778 bits per heavy atom. The minimum Gasteiger partial charge on any atom is -0.289 e. The Kier molecular flexibility index (Phi) is 4.17. The SMILES string of the molecule is O=c1c2ccccc2c(=O)c2c1cc(Cl)c1nc3c(nc12)c(Cl)cc1c(=O)c2ccccc2c(=O)c13. The number of rotatable bonds is 0. The van der Waals surface area contributed by atoms with Crippen LogP contribution in [0.1, 0.15) is 0 Å².